The second kappa shape index (κ2) is 7.85. The fraction of sp³-hybridized carbons (Fsp3) is 0.429. The van der Waals surface area contributed by atoms with Crippen LogP contribution in [0.2, 0.25) is 5.02 Å². The first-order valence-corrected chi connectivity index (χ1v) is 6.84. The molecule has 1 rings (SSSR count). The lowest BCUT2D eigenvalue weighted by Gasteiger charge is -2.27. The van der Waals surface area contributed by atoms with Gasteiger partial charge in [-0.05, 0) is 26.0 Å². The standard InChI is InChI=1S/C14H19ClN2O4/c1-9(2)17(7-8-21-3)14(20)16-11-6-4-5-10(15)12(11)13(18)19/h4-6,9H,7-8H2,1-3H3,(H,16,20)(H,18,19). The zero-order chi connectivity index (χ0) is 16.0. The van der Waals surface area contributed by atoms with Gasteiger partial charge in [-0.1, -0.05) is 17.7 Å². The van der Waals surface area contributed by atoms with E-state index < -0.39 is 12.0 Å². The van der Waals surface area contributed by atoms with Gasteiger partial charge in [0.2, 0.25) is 0 Å². The monoisotopic (exact) mass is 314 g/mol. The highest BCUT2D eigenvalue weighted by Crippen LogP contribution is 2.24. The molecule has 0 atom stereocenters. The van der Waals surface area contributed by atoms with Crippen LogP contribution < -0.4 is 5.32 Å². The van der Waals surface area contributed by atoms with Crippen LogP contribution in [-0.2, 0) is 4.74 Å². The molecule has 21 heavy (non-hydrogen) atoms. The number of urea groups is 1. The summed E-state index contributed by atoms with van der Waals surface area (Å²) in [5.41, 5.74) is 0.0473. The van der Waals surface area contributed by atoms with E-state index in [9.17, 15) is 14.7 Å². The van der Waals surface area contributed by atoms with Crippen LogP contribution in [0.25, 0.3) is 0 Å². The van der Waals surface area contributed by atoms with Gasteiger partial charge in [-0.3, -0.25) is 0 Å². The number of ether oxygens (including phenoxy) is 1. The van der Waals surface area contributed by atoms with Gasteiger partial charge in [0.25, 0.3) is 0 Å². The van der Waals surface area contributed by atoms with Crippen molar-refractivity contribution in [3.8, 4) is 0 Å². The Bertz CT molecular complexity index is 520. The molecule has 0 saturated heterocycles. The number of hydrogen-bond acceptors (Lipinski definition) is 3. The van der Waals surface area contributed by atoms with Gasteiger partial charge in [0.15, 0.2) is 0 Å². The van der Waals surface area contributed by atoms with Crippen molar-refractivity contribution < 1.29 is 19.4 Å². The molecule has 116 valence electrons. The van der Waals surface area contributed by atoms with Crippen molar-refractivity contribution in [2.45, 2.75) is 19.9 Å². The average Bonchev–Trinajstić information content (AvgIpc) is 2.38. The number of benzene rings is 1. The normalized spacial score (nSPS) is 10.5. The maximum absolute atomic E-state index is 12.3. The predicted molar refractivity (Wildman–Crippen MR) is 81.1 cm³/mol. The van der Waals surface area contributed by atoms with Gasteiger partial charge in [0.1, 0.15) is 5.56 Å². The Labute approximate surface area is 128 Å². The van der Waals surface area contributed by atoms with Gasteiger partial charge in [0.05, 0.1) is 17.3 Å². The van der Waals surface area contributed by atoms with E-state index in [1.54, 1.807) is 18.1 Å². The summed E-state index contributed by atoms with van der Waals surface area (Å²) >= 11 is 5.87. The summed E-state index contributed by atoms with van der Waals surface area (Å²) in [5, 5.41) is 11.8. The highest BCUT2D eigenvalue weighted by molar-refractivity contribution is 6.34. The molecule has 7 heteroatoms. The van der Waals surface area contributed by atoms with Crippen molar-refractivity contribution >= 4 is 29.3 Å². The van der Waals surface area contributed by atoms with Crippen molar-refractivity contribution in [1.29, 1.82) is 0 Å². The molecular weight excluding hydrogens is 296 g/mol. The number of carbonyl (C=O) groups is 2. The van der Waals surface area contributed by atoms with Crippen molar-refractivity contribution in [2.75, 3.05) is 25.6 Å². The van der Waals surface area contributed by atoms with Crippen LogP contribution >= 0.6 is 11.6 Å². The lowest BCUT2D eigenvalue weighted by molar-refractivity contribution is 0.0698. The third kappa shape index (κ3) is 4.61. The topological polar surface area (TPSA) is 78.9 Å². The van der Waals surface area contributed by atoms with Gasteiger partial charge in [-0.15, -0.1) is 0 Å². The Balaban J connectivity index is 2.96. The lowest BCUT2D eigenvalue weighted by atomic mass is 10.2. The SMILES string of the molecule is COCCN(C(=O)Nc1cccc(Cl)c1C(=O)O)C(C)C. The molecule has 0 saturated carbocycles. The first-order chi connectivity index (χ1) is 9.88. The van der Waals surface area contributed by atoms with E-state index in [1.165, 1.54) is 12.1 Å². The average molecular weight is 315 g/mol. The summed E-state index contributed by atoms with van der Waals surface area (Å²) in [7, 11) is 1.55. The maximum atomic E-state index is 12.3. The fourth-order valence-corrected chi connectivity index (χ4v) is 2.07. The molecule has 2 N–H and O–H groups in total. The van der Waals surface area contributed by atoms with Gasteiger partial charge in [-0.25, -0.2) is 9.59 Å². The van der Waals surface area contributed by atoms with Crippen molar-refractivity contribution in [1.82, 2.24) is 4.90 Å². The number of amides is 2. The van der Waals surface area contributed by atoms with Crippen molar-refractivity contribution in [3.05, 3.63) is 28.8 Å². The number of halogens is 1. The zero-order valence-corrected chi connectivity index (χ0v) is 13.0. The summed E-state index contributed by atoms with van der Waals surface area (Å²) < 4.78 is 4.97. The Hall–Kier alpha value is -1.79. The van der Waals surface area contributed by atoms with Crippen LogP contribution in [0.15, 0.2) is 18.2 Å². The van der Waals surface area contributed by atoms with E-state index in [4.69, 9.17) is 16.3 Å². The van der Waals surface area contributed by atoms with E-state index in [-0.39, 0.29) is 22.3 Å². The molecule has 0 fully saturated rings. The number of nitrogens with zero attached hydrogens (tertiary/aromatic N) is 1. The summed E-state index contributed by atoms with van der Waals surface area (Å²) in [6, 6.07) is 4.10. The molecule has 6 nitrogen and oxygen atoms in total. The molecule has 0 bridgehead atoms. The molecule has 2 amide bonds. The number of carbonyl (C=O) groups excluding carboxylic acids is 1. The van der Waals surface area contributed by atoms with Crippen molar-refractivity contribution in [3.63, 3.8) is 0 Å². The Morgan fingerprint density at radius 1 is 1.43 bits per heavy atom. The maximum Gasteiger partial charge on any atom is 0.339 e. The summed E-state index contributed by atoms with van der Waals surface area (Å²) in [6.07, 6.45) is 0. The highest BCUT2D eigenvalue weighted by Gasteiger charge is 2.20. The molecule has 0 aliphatic carbocycles. The Kier molecular flexibility index (Phi) is 6.45. The number of nitrogens with one attached hydrogen (secondary N) is 1. The van der Waals surface area contributed by atoms with E-state index in [0.717, 1.165) is 0 Å². The molecule has 1 aromatic carbocycles. The second-order valence-electron chi connectivity index (χ2n) is 4.68. The predicted octanol–water partition coefficient (Wildman–Crippen LogP) is 2.93. The van der Waals surface area contributed by atoms with Gasteiger partial charge < -0.3 is 20.1 Å². The van der Waals surface area contributed by atoms with Crippen LogP contribution in [0.5, 0.6) is 0 Å². The third-order valence-corrected chi connectivity index (χ3v) is 3.20. The number of rotatable bonds is 6. The third-order valence-electron chi connectivity index (χ3n) is 2.89. The van der Waals surface area contributed by atoms with Crippen LogP contribution in [0.1, 0.15) is 24.2 Å². The number of carboxylic acids is 1. The number of carboxylic acid groups (broad SMARTS) is 1. The van der Waals surface area contributed by atoms with Crippen molar-refractivity contribution in [2.24, 2.45) is 0 Å². The molecule has 0 aliphatic rings. The smallest absolute Gasteiger partial charge is 0.339 e. The number of anilines is 1. The molecule has 0 heterocycles. The quantitative estimate of drug-likeness (QED) is 0.846. The van der Waals surface area contributed by atoms with E-state index in [1.807, 2.05) is 13.8 Å². The Morgan fingerprint density at radius 3 is 2.62 bits per heavy atom. The van der Waals surface area contributed by atoms with E-state index in [2.05, 4.69) is 5.32 Å². The second-order valence-corrected chi connectivity index (χ2v) is 5.08. The number of methoxy groups -OCH3 is 1. The summed E-state index contributed by atoms with van der Waals surface area (Å²) in [6.45, 7) is 4.53. The molecule has 0 spiro atoms. The molecule has 1 aromatic rings. The van der Waals surface area contributed by atoms with Gasteiger partial charge in [0, 0.05) is 19.7 Å². The van der Waals surface area contributed by atoms with Crippen LogP contribution in [0, 0.1) is 0 Å². The van der Waals surface area contributed by atoms with Crippen LogP contribution in [-0.4, -0.2) is 48.3 Å². The first-order valence-electron chi connectivity index (χ1n) is 6.46. The summed E-state index contributed by atoms with van der Waals surface area (Å²) in [4.78, 5) is 25.1. The number of hydrogen-bond donors (Lipinski definition) is 2. The Morgan fingerprint density at radius 2 is 2.10 bits per heavy atom. The molecule has 0 aromatic heterocycles. The fourth-order valence-electron chi connectivity index (χ4n) is 1.82. The van der Waals surface area contributed by atoms with Crippen LogP contribution in [0.4, 0.5) is 10.5 Å². The minimum Gasteiger partial charge on any atom is -0.478 e. The zero-order valence-electron chi connectivity index (χ0n) is 12.2. The van der Waals surface area contributed by atoms with E-state index in [0.29, 0.717) is 13.2 Å². The van der Waals surface area contributed by atoms with Crippen LogP contribution in [0.3, 0.4) is 0 Å². The lowest BCUT2D eigenvalue weighted by Crippen LogP contribution is -2.42. The molecule has 0 radical (unpaired) electrons. The highest BCUT2D eigenvalue weighted by atomic mass is 35.5. The summed E-state index contributed by atoms with van der Waals surface area (Å²) in [5.74, 6) is -1.19. The first kappa shape index (κ1) is 17.3. The van der Waals surface area contributed by atoms with E-state index >= 15 is 0 Å². The minimum atomic E-state index is -1.19. The molecular formula is C14H19ClN2O4. The molecule has 0 aliphatic heterocycles. The minimum absolute atomic E-state index is 0.0485. The largest absolute Gasteiger partial charge is 0.478 e. The van der Waals surface area contributed by atoms with Gasteiger partial charge in [-0.2, -0.15) is 0 Å². The molecule has 0 unspecified atom stereocenters. The van der Waals surface area contributed by atoms with Gasteiger partial charge >= 0.3 is 12.0 Å². The number of aromatic carboxylic acids is 1.